The van der Waals surface area contributed by atoms with Crippen LogP contribution in [0.5, 0.6) is 0 Å². The van der Waals surface area contributed by atoms with Gasteiger partial charge in [-0.3, -0.25) is 0 Å². The molecule has 0 bridgehead atoms. The molecule has 0 spiro atoms. The molecule has 0 fully saturated rings. The number of aliphatic imine (C=N–C) groups is 1. The summed E-state index contributed by atoms with van der Waals surface area (Å²) in [5, 5.41) is 11.0. The maximum atomic E-state index is 11.0. The lowest BCUT2D eigenvalue weighted by atomic mass is 10.1. The second-order valence-electron chi connectivity index (χ2n) is 5.78. The van der Waals surface area contributed by atoms with Gasteiger partial charge in [0, 0.05) is 13.0 Å². The van der Waals surface area contributed by atoms with Crippen LogP contribution in [0.3, 0.4) is 0 Å². The summed E-state index contributed by atoms with van der Waals surface area (Å²) in [6.07, 6.45) is 15.7. The summed E-state index contributed by atoms with van der Waals surface area (Å²) < 4.78 is 0.211. The Bertz CT molecular complexity index is 430. The van der Waals surface area contributed by atoms with Crippen LogP contribution in [0.4, 0.5) is 0 Å². The molecule has 1 aliphatic heterocycles. The highest BCUT2D eigenvalue weighted by molar-refractivity contribution is 5.81. The number of aliphatic carboxylic acids is 1. The number of hydrogen-bond acceptors (Lipinski definition) is 4. The van der Waals surface area contributed by atoms with Gasteiger partial charge in [0.05, 0.1) is 12.2 Å². The molecule has 1 aliphatic rings. The van der Waals surface area contributed by atoms with Crippen LogP contribution in [-0.2, 0) is 4.79 Å². The summed E-state index contributed by atoms with van der Waals surface area (Å²) >= 11 is 0. The summed E-state index contributed by atoms with van der Waals surface area (Å²) in [4.78, 5) is 15.4. The van der Waals surface area contributed by atoms with Crippen molar-refractivity contribution in [2.24, 2.45) is 10.7 Å². The van der Waals surface area contributed by atoms with Crippen molar-refractivity contribution in [1.82, 2.24) is 0 Å². The number of carbonyl (C=O) groups is 1. The van der Waals surface area contributed by atoms with Crippen LogP contribution >= 0.6 is 0 Å². The molecule has 0 aromatic rings. The van der Waals surface area contributed by atoms with Crippen LogP contribution in [0.2, 0.25) is 0 Å². The topological polar surface area (TPSA) is 78.5 Å². The Morgan fingerprint density at radius 2 is 2.09 bits per heavy atom. The number of unbranched alkanes of at least 4 members (excludes halogenated alkanes) is 4. The van der Waals surface area contributed by atoms with Crippen molar-refractivity contribution in [3.63, 3.8) is 0 Å². The quantitative estimate of drug-likeness (QED) is 0.338. The van der Waals surface area contributed by atoms with E-state index in [2.05, 4.69) is 24.1 Å². The summed E-state index contributed by atoms with van der Waals surface area (Å²) in [7, 11) is 0. The zero-order chi connectivity index (χ0) is 16.3. The molecule has 124 valence electrons. The van der Waals surface area contributed by atoms with Gasteiger partial charge in [0.2, 0.25) is 5.84 Å². The van der Waals surface area contributed by atoms with Gasteiger partial charge in [-0.25, -0.2) is 9.48 Å². The lowest BCUT2D eigenvalue weighted by Crippen LogP contribution is -2.54. The minimum Gasteiger partial charge on any atom is -0.544 e. The van der Waals surface area contributed by atoms with Crippen LogP contribution in [0, 0.1) is 0 Å². The van der Waals surface area contributed by atoms with Crippen LogP contribution in [0.15, 0.2) is 29.5 Å². The number of allylic oxidation sites excluding steroid dienone is 2. The monoisotopic (exact) mass is 307 g/mol. The first kappa shape index (κ1) is 18.6. The Labute approximate surface area is 133 Å². The second kappa shape index (κ2) is 10.3. The Morgan fingerprint density at radius 3 is 2.77 bits per heavy atom. The number of rotatable bonds is 12. The number of nitrogens with zero attached hydrogens (tertiary/aromatic N) is 2. The first-order valence-corrected chi connectivity index (χ1v) is 8.31. The number of quaternary nitrogens is 1. The van der Waals surface area contributed by atoms with Crippen molar-refractivity contribution in [2.45, 2.75) is 51.9 Å². The normalized spacial score (nSPS) is 20.7. The molecule has 0 saturated heterocycles. The summed E-state index contributed by atoms with van der Waals surface area (Å²) in [6.45, 7) is 3.09. The van der Waals surface area contributed by atoms with Crippen molar-refractivity contribution >= 4 is 11.8 Å². The fourth-order valence-electron chi connectivity index (χ4n) is 2.76. The molecular weight excluding hydrogens is 278 g/mol. The van der Waals surface area contributed by atoms with E-state index in [9.17, 15) is 9.90 Å². The predicted octanol–water partition coefficient (Wildman–Crippen LogP) is 1.70. The molecule has 0 aromatic heterocycles. The molecule has 5 nitrogen and oxygen atoms in total. The van der Waals surface area contributed by atoms with Crippen LogP contribution in [0.1, 0.15) is 51.9 Å². The van der Waals surface area contributed by atoms with Gasteiger partial charge in [0.15, 0.2) is 0 Å². The molecule has 1 atom stereocenters. The zero-order valence-corrected chi connectivity index (χ0v) is 13.7. The average molecular weight is 307 g/mol. The van der Waals surface area contributed by atoms with Crippen molar-refractivity contribution in [2.75, 3.05) is 19.6 Å². The Morgan fingerprint density at radius 1 is 1.32 bits per heavy atom. The molecule has 0 amide bonds. The molecule has 22 heavy (non-hydrogen) atoms. The van der Waals surface area contributed by atoms with E-state index < -0.39 is 5.97 Å². The Balaban J connectivity index is 2.40. The van der Waals surface area contributed by atoms with E-state index in [0.717, 1.165) is 25.1 Å². The second-order valence-corrected chi connectivity index (χ2v) is 5.78. The smallest absolute Gasteiger partial charge is 0.208 e. The highest BCUT2D eigenvalue weighted by Crippen LogP contribution is 2.19. The van der Waals surface area contributed by atoms with Crippen molar-refractivity contribution < 1.29 is 14.4 Å². The maximum Gasteiger partial charge on any atom is 0.208 e. The van der Waals surface area contributed by atoms with E-state index in [1.807, 2.05) is 6.20 Å². The third kappa shape index (κ3) is 6.12. The third-order valence-corrected chi connectivity index (χ3v) is 3.95. The van der Waals surface area contributed by atoms with Gasteiger partial charge in [-0.2, -0.15) is 0 Å². The molecule has 0 saturated carbocycles. The first-order chi connectivity index (χ1) is 10.6. The van der Waals surface area contributed by atoms with Crippen LogP contribution in [-0.4, -0.2) is 35.9 Å². The number of amidine groups is 1. The lowest BCUT2D eigenvalue weighted by Gasteiger charge is -2.32. The van der Waals surface area contributed by atoms with Crippen molar-refractivity contribution in [3.8, 4) is 0 Å². The lowest BCUT2D eigenvalue weighted by molar-refractivity contribution is -0.780. The molecule has 2 N–H and O–H groups in total. The number of carboxylic acids is 1. The molecule has 0 radical (unpaired) electrons. The summed E-state index contributed by atoms with van der Waals surface area (Å²) in [5.74, 6) is -0.204. The van der Waals surface area contributed by atoms with Crippen LogP contribution < -0.4 is 10.8 Å². The van der Waals surface area contributed by atoms with Gasteiger partial charge in [-0.15, -0.1) is 0 Å². The van der Waals surface area contributed by atoms with E-state index in [4.69, 9.17) is 5.73 Å². The number of carbonyl (C=O) groups excluding carboxylic acids is 1. The molecule has 1 unspecified atom stereocenters. The van der Waals surface area contributed by atoms with E-state index in [0.29, 0.717) is 13.1 Å². The Kier molecular flexibility index (Phi) is 8.70. The van der Waals surface area contributed by atoms with E-state index in [1.54, 1.807) is 6.20 Å². The minimum atomic E-state index is -1.07. The molecule has 0 aromatic carbocycles. The van der Waals surface area contributed by atoms with Gasteiger partial charge in [0.1, 0.15) is 19.3 Å². The third-order valence-electron chi connectivity index (χ3n) is 3.95. The number of nitrogens with two attached hydrogens (primary N) is 1. The fourth-order valence-corrected chi connectivity index (χ4v) is 2.76. The molecule has 0 aliphatic carbocycles. The van der Waals surface area contributed by atoms with E-state index in [-0.39, 0.29) is 11.0 Å². The van der Waals surface area contributed by atoms with Gasteiger partial charge < -0.3 is 15.6 Å². The van der Waals surface area contributed by atoms with Gasteiger partial charge in [-0.1, -0.05) is 38.3 Å². The largest absolute Gasteiger partial charge is 0.544 e. The SMILES string of the molecule is CCCCCC/C=C/CCC1=NC=C[N+]1(CCN)CC(=O)[O-]. The molecule has 1 heterocycles. The summed E-state index contributed by atoms with van der Waals surface area (Å²) in [6, 6.07) is 0. The van der Waals surface area contributed by atoms with E-state index in [1.165, 1.54) is 25.7 Å². The molecular formula is C17H29N3O2. The first-order valence-electron chi connectivity index (χ1n) is 8.31. The molecule has 5 heteroatoms. The summed E-state index contributed by atoms with van der Waals surface area (Å²) in [5.41, 5.74) is 5.63. The van der Waals surface area contributed by atoms with Gasteiger partial charge in [0.25, 0.3) is 0 Å². The fraction of sp³-hybridized carbons (Fsp3) is 0.647. The van der Waals surface area contributed by atoms with Crippen LogP contribution in [0.25, 0.3) is 0 Å². The average Bonchev–Trinajstić information content (AvgIpc) is 2.84. The standard InChI is InChI=1S/C17H29N3O2/c1-2-3-4-5-6-7-8-9-10-16-19-12-14-20(16,13-11-18)15-17(21)22/h7-8,12,14H,2-6,9-11,13,15,18H2,1H3/b8-7+. The highest BCUT2D eigenvalue weighted by Gasteiger charge is 2.34. The Hall–Kier alpha value is -1.46. The number of hydrogen-bond donors (Lipinski definition) is 1. The van der Waals surface area contributed by atoms with Crippen molar-refractivity contribution in [3.05, 3.63) is 24.6 Å². The zero-order valence-electron chi connectivity index (χ0n) is 13.7. The van der Waals surface area contributed by atoms with Gasteiger partial charge in [-0.05, 0) is 19.3 Å². The maximum absolute atomic E-state index is 11.0. The minimum absolute atomic E-state index is 0.0900. The highest BCUT2D eigenvalue weighted by atomic mass is 16.4. The van der Waals surface area contributed by atoms with E-state index >= 15 is 0 Å². The number of carboxylic acid groups (broad SMARTS) is 1. The van der Waals surface area contributed by atoms with Gasteiger partial charge >= 0.3 is 0 Å². The predicted molar refractivity (Wildman–Crippen MR) is 87.8 cm³/mol. The molecule has 1 rings (SSSR count). The van der Waals surface area contributed by atoms with Crippen molar-refractivity contribution in [1.29, 1.82) is 0 Å².